The maximum absolute atomic E-state index is 11.7. The van der Waals surface area contributed by atoms with Crippen molar-refractivity contribution >= 4 is 17.4 Å². The zero-order valence-corrected chi connectivity index (χ0v) is 11.8. The number of aromatic nitrogens is 1. The molecule has 100 valence electrons. The van der Waals surface area contributed by atoms with Crippen molar-refractivity contribution in [2.45, 2.75) is 13.0 Å². The van der Waals surface area contributed by atoms with Crippen LogP contribution >= 0.6 is 11.6 Å². The Morgan fingerprint density at radius 3 is 2.65 bits per heavy atom. The Balaban J connectivity index is 2.64. The third-order valence-electron chi connectivity index (χ3n) is 3.15. The van der Waals surface area contributed by atoms with Crippen LogP contribution in [-0.2, 0) is 4.79 Å². The van der Waals surface area contributed by atoms with E-state index < -0.39 is 6.04 Å². The molecule has 0 amide bonds. The predicted octanol–water partition coefficient (Wildman–Crippen LogP) is 3.75. The molecule has 0 N–H and O–H groups in total. The highest BCUT2D eigenvalue weighted by Gasteiger charge is 2.23. The van der Waals surface area contributed by atoms with Crippen molar-refractivity contribution in [1.82, 2.24) is 4.57 Å². The van der Waals surface area contributed by atoms with Gasteiger partial charge in [0.15, 0.2) is 5.78 Å². The van der Waals surface area contributed by atoms with Crippen LogP contribution in [0.25, 0.3) is 0 Å². The first-order valence-electron chi connectivity index (χ1n) is 6.07. The molecule has 0 spiro atoms. The maximum Gasteiger partial charge on any atom is 0.157 e. The maximum atomic E-state index is 11.7. The van der Waals surface area contributed by atoms with E-state index in [1.54, 1.807) is 29.0 Å². The number of allylic oxidation sites excluding steroid dienone is 1. The van der Waals surface area contributed by atoms with Gasteiger partial charge in [0, 0.05) is 16.8 Å². The van der Waals surface area contributed by atoms with Crippen molar-refractivity contribution in [3.8, 4) is 6.07 Å². The molecular formula is C16H13ClN2O. The van der Waals surface area contributed by atoms with E-state index in [9.17, 15) is 10.1 Å². The second-order valence-corrected chi connectivity index (χ2v) is 4.83. The summed E-state index contributed by atoms with van der Waals surface area (Å²) in [6.45, 7) is 5.33. The predicted molar refractivity (Wildman–Crippen MR) is 78.6 cm³/mol. The highest BCUT2D eigenvalue weighted by molar-refractivity contribution is 6.31. The molecule has 0 bridgehead atoms. The van der Waals surface area contributed by atoms with Crippen molar-refractivity contribution < 1.29 is 4.79 Å². The molecule has 0 aliphatic rings. The third kappa shape index (κ3) is 2.52. The Bertz CT molecular complexity index is 707. The minimum atomic E-state index is -0.467. The molecule has 0 fully saturated rings. The summed E-state index contributed by atoms with van der Waals surface area (Å²) >= 11 is 6.23. The average Bonchev–Trinajstić information content (AvgIpc) is 2.89. The Kier molecular flexibility index (Phi) is 4.07. The van der Waals surface area contributed by atoms with E-state index in [0.717, 1.165) is 5.56 Å². The van der Waals surface area contributed by atoms with Gasteiger partial charge in [0.2, 0.25) is 0 Å². The van der Waals surface area contributed by atoms with Gasteiger partial charge in [-0.05, 0) is 30.7 Å². The van der Waals surface area contributed by atoms with Crippen LogP contribution in [-0.4, -0.2) is 10.4 Å². The summed E-state index contributed by atoms with van der Waals surface area (Å²) < 4.78 is 1.71. The van der Waals surface area contributed by atoms with Gasteiger partial charge in [0.25, 0.3) is 0 Å². The topological polar surface area (TPSA) is 45.8 Å². The Hall–Kier alpha value is -2.31. The number of nitriles is 1. The molecule has 2 aromatic rings. The summed E-state index contributed by atoms with van der Waals surface area (Å²) in [5, 5.41) is 9.71. The van der Waals surface area contributed by atoms with E-state index in [-0.39, 0.29) is 5.78 Å². The van der Waals surface area contributed by atoms with Crippen LogP contribution in [0.2, 0.25) is 5.02 Å². The van der Waals surface area contributed by atoms with Crippen LogP contribution in [0.5, 0.6) is 0 Å². The van der Waals surface area contributed by atoms with E-state index >= 15 is 0 Å². The Labute approximate surface area is 122 Å². The lowest BCUT2D eigenvalue weighted by molar-refractivity contribution is -0.113. The molecule has 3 nitrogen and oxygen atoms in total. The minimum Gasteiger partial charge on any atom is -0.328 e. The Morgan fingerprint density at radius 1 is 1.35 bits per heavy atom. The van der Waals surface area contributed by atoms with Gasteiger partial charge < -0.3 is 4.57 Å². The smallest absolute Gasteiger partial charge is 0.157 e. The molecular weight excluding hydrogens is 272 g/mol. The first kappa shape index (κ1) is 14.1. The fourth-order valence-corrected chi connectivity index (χ4v) is 2.35. The van der Waals surface area contributed by atoms with E-state index in [2.05, 4.69) is 12.6 Å². The van der Waals surface area contributed by atoms with Gasteiger partial charge in [-0.3, -0.25) is 4.79 Å². The fraction of sp³-hybridized carbons (Fsp3) is 0.125. The van der Waals surface area contributed by atoms with Crippen LogP contribution in [0.4, 0.5) is 0 Å². The minimum absolute atomic E-state index is 0.132. The summed E-state index contributed by atoms with van der Waals surface area (Å²) in [7, 11) is 0. The van der Waals surface area contributed by atoms with Gasteiger partial charge in [-0.2, -0.15) is 5.26 Å². The van der Waals surface area contributed by atoms with E-state index in [1.165, 1.54) is 6.92 Å². The number of carbonyl (C=O) groups excluding carboxylic acids is 1. The van der Waals surface area contributed by atoms with Crippen molar-refractivity contribution in [3.63, 3.8) is 0 Å². The molecule has 0 aliphatic carbocycles. The van der Waals surface area contributed by atoms with Crippen LogP contribution in [0.15, 0.2) is 54.7 Å². The van der Waals surface area contributed by atoms with E-state index in [0.29, 0.717) is 16.3 Å². The number of rotatable bonds is 4. The lowest BCUT2D eigenvalue weighted by atomic mass is 9.96. The number of benzene rings is 1. The first-order valence-corrected chi connectivity index (χ1v) is 6.45. The van der Waals surface area contributed by atoms with Crippen molar-refractivity contribution in [2.24, 2.45) is 0 Å². The molecule has 1 heterocycles. The van der Waals surface area contributed by atoms with Crippen molar-refractivity contribution in [2.75, 3.05) is 0 Å². The highest BCUT2D eigenvalue weighted by Crippen LogP contribution is 2.32. The number of halogens is 1. The normalized spacial score (nSPS) is 11.7. The second kappa shape index (κ2) is 5.77. The lowest BCUT2D eigenvalue weighted by Gasteiger charge is -2.22. The van der Waals surface area contributed by atoms with Crippen molar-refractivity contribution in [3.05, 3.63) is 71.0 Å². The van der Waals surface area contributed by atoms with Gasteiger partial charge in [-0.1, -0.05) is 36.4 Å². The zero-order valence-electron chi connectivity index (χ0n) is 11.0. The molecule has 1 aromatic carbocycles. The van der Waals surface area contributed by atoms with Gasteiger partial charge in [0.05, 0.1) is 6.04 Å². The van der Waals surface area contributed by atoms with E-state index in [4.69, 9.17) is 11.6 Å². The molecule has 0 saturated carbocycles. The quantitative estimate of drug-likeness (QED) is 0.803. The van der Waals surface area contributed by atoms with E-state index in [1.807, 2.05) is 18.2 Å². The SMILES string of the molecule is C=C(C(C)=O)[C@@H](c1ccccc1Cl)n1cccc1C#N. The molecule has 0 radical (unpaired) electrons. The summed E-state index contributed by atoms with van der Waals surface area (Å²) in [6, 6.07) is 12.3. The van der Waals surface area contributed by atoms with Crippen molar-refractivity contribution in [1.29, 1.82) is 5.26 Å². The van der Waals surface area contributed by atoms with Gasteiger partial charge in [-0.15, -0.1) is 0 Å². The summed E-state index contributed by atoms with van der Waals surface area (Å²) in [6.07, 6.45) is 1.75. The summed E-state index contributed by atoms with van der Waals surface area (Å²) in [5.41, 5.74) is 1.60. The van der Waals surface area contributed by atoms with Crippen LogP contribution in [0.3, 0.4) is 0 Å². The van der Waals surface area contributed by atoms with Crippen LogP contribution < -0.4 is 0 Å². The number of hydrogen-bond donors (Lipinski definition) is 0. The third-order valence-corrected chi connectivity index (χ3v) is 3.50. The van der Waals surface area contributed by atoms with Gasteiger partial charge in [0.1, 0.15) is 11.8 Å². The molecule has 0 saturated heterocycles. The van der Waals surface area contributed by atoms with Gasteiger partial charge in [-0.25, -0.2) is 0 Å². The highest BCUT2D eigenvalue weighted by atomic mass is 35.5. The molecule has 0 unspecified atom stereocenters. The number of Topliss-reactive ketones (excluding diaryl/α,β-unsaturated/α-hetero) is 1. The number of ketones is 1. The first-order chi connectivity index (χ1) is 9.56. The average molecular weight is 285 g/mol. The standard InChI is InChI=1S/C16H13ClN2O/c1-11(12(2)20)16(14-7-3-4-8-15(14)17)19-9-5-6-13(19)10-18/h3-9,16H,1H2,2H3/t16-/m0/s1. The molecule has 0 aliphatic heterocycles. The monoisotopic (exact) mass is 284 g/mol. The van der Waals surface area contributed by atoms with Crippen LogP contribution in [0, 0.1) is 11.3 Å². The molecule has 2 rings (SSSR count). The number of carbonyl (C=O) groups is 1. The molecule has 1 aromatic heterocycles. The molecule has 20 heavy (non-hydrogen) atoms. The Morgan fingerprint density at radius 2 is 2.05 bits per heavy atom. The largest absolute Gasteiger partial charge is 0.328 e. The second-order valence-electron chi connectivity index (χ2n) is 4.42. The summed E-state index contributed by atoms with van der Waals surface area (Å²) in [5.74, 6) is -0.132. The zero-order chi connectivity index (χ0) is 14.7. The van der Waals surface area contributed by atoms with Crippen LogP contribution in [0.1, 0.15) is 24.2 Å². The molecule has 1 atom stereocenters. The number of nitrogens with zero attached hydrogens (tertiary/aromatic N) is 2. The fourth-order valence-electron chi connectivity index (χ4n) is 2.11. The lowest BCUT2D eigenvalue weighted by Crippen LogP contribution is -2.18. The van der Waals surface area contributed by atoms with Gasteiger partial charge >= 0.3 is 0 Å². The summed E-state index contributed by atoms with van der Waals surface area (Å²) in [4.78, 5) is 11.7. The molecule has 4 heteroatoms. The number of hydrogen-bond acceptors (Lipinski definition) is 2.